The number of aliphatic hydroxyl groups is 1. The molecule has 1 atom stereocenters. The first-order valence-electron chi connectivity index (χ1n) is 6.68. The van der Waals surface area contributed by atoms with Crippen molar-refractivity contribution < 1.29 is 19.3 Å². The molecule has 0 radical (unpaired) electrons. The summed E-state index contributed by atoms with van der Waals surface area (Å²) in [5, 5.41) is 18.4. The molecule has 2 fully saturated rings. The number of urea groups is 1. The smallest absolute Gasteiger partial charge is 0.396 e. The maximum absolute atomic E-state index is 12.1. The van der Waals surface area contributed by atoms with E-state index >= 15 is 0 Å². The van der Waals surface area contributed by atoms with Crippen LogP contribution in [-0.4, -0.2) is 71.0 Å². The quantitative estimate of drug-likeness (QED) is 0.653. The fourth-order valence-corrected chi connectivity index (χ4v) is 2.77. The summed E-state index contributed by atoms with van der Waals surface area (Å²) in [6.45, 7) is 1.45. The fourth-order valence-electron chi connectivity index (χ4n) is 2.77. The van der Waals surface area contributed by atoms with Crippen molar-refractivity contribution in [1.29, 1.82) is 5.26 Å². The van der Waals surface area contributed by atoms with Crippen molar-refractivity contribution in [3.63, 3.8) is 0 Å². The molecule has 0 bridgehead atoms. The maximum Gasteiger partial charge on any atom is 0.417 e. The van der Waals surface area contributed by atoms with Crippen molar-refractivity contribution in [2.24, 2.45) is 11.8 Å². The Hall–Kier alpha value is -1.94. The van der Waals surface area contributed by atoms with E-state index < -0.39 is 17.9 Å². The minimum atomic E-state index is -0.937. The van der Waals surface area contributed by atoms with E-state index in [0.717, 1.165) is 17.7 Å². The standard InChI is InChI=1S/C13H19N4O3/c1-15-11(17-5-3-9(8-18)4-6-17)10(7-14)12(19)16(2)13(15)20/h9-10,18H,3-6,8H2,1-2H3/q+1. The normalized spacial score (nSPS) is 27.9. The number of amidine groups is 1. The monoisotopic (exact) mass is 279 g/mol. The van der Waals surface area contributed by atoms with Crippen molar-refractivity contribution in [2.45, 2.75) is 12.8 Å². The molecule has 0 aromatic carbocycles. The van der Waals surface area contributed by atoms with E-state index in [1.165, 1.54) is 11.9 Å². The van der Waals surface area contributed by atoms with E-state index in [4.69, 9.17) is 5.11 Å². The Morgan fingerprint density at radius 1 is 1.30 bits per heavy atom. The Bertz CT molecular complexity index is 498. The van der Waals surface area contributed by atoms with Crippen LogP contribution in [0.3, 0.4) is 0 Å². The molecule has 20 heavy (non-hydrogen) atoms. The Balaban J connectivity index is 2.35. The zero-order valence-corrected chi connectivity index (χ0v) is 11.7. The van der Waals surface area contributed by atoms with E-state index in [0.29, 0.717) is 18.9 Å². The lowest BCUT2D eigenvalue weighted by molar-refractivity contribution is -0.546. The van der Waals surface area contributed by atoms with Gasteiger partial charge in [0.25, 0.3) is 11.7 Å². The van der Waals surface area contributed by atoms with Gasteiger partial charge in [-0.25, -0.2) is 9.69 Å². The van der Waals surface area contributed by atoms with Gasteiger partial charge in [-0.2, -0.15) is 10.2 Å². The fraction of sp³-hybridized carbons (Fsp3) is 0.692. The van der Waals surface area contributed by atoms with Gasteiger partial charge in [0, 0.05) is 13.7 Å². The van der Waals surface area contributed by atoms with Crippen LogP contribution < -0.4 is 0 Å². The predicted octanol–water partition coefficient (Wildman–Crippen LogP) is -0.537. The van der Waals surface area contributed by atoms with Gasteiger partial charge in [0.15, 0.2) is 0 Å². The van der Waals surface area contributed by atoms with Crippen molar-refractivity contribution in [2.75, 3.05) is 33.8 Å². The van der Waals surface area contributed by atoms with E-state index in [-0.39, 0.29) is 12.5 Å². The number of carbonyl (C=O) groups is 2. The van der Waals surface area contributed by atoms with Gasteiger partial charge in [-0.15, -0.1) is 0 Å². The van der Waals surface area contributed by atoms with Gasteiger partial charge in [-0.1, -0.05) is 0 Å². The molecule has 0 saturated carbocycles. The second-order valence-electron chi connectivity index (χ2n) is 5.27. The van der Waals surface area contributed by atoms with Gasteiger partial charge < -0.3 is 5.11 Å². The molecule has 7 heteroatoms. The van der Waals surface area contributed by atoms with Crippen LogP contribution in [-0.2, 0) is 4.79 Å². The van der Waals surface area contributed by atoms with Crippen LogP contribution in [0.2, 0.25) is 0 Å². The van der Waals surface area contributed by atoms with Crippen LogP contribution in [0.15, 0.2) is 0 Å². The van der Waals surface area contributed by atoms with Gasteiger partial charge in [-0.3, -0.25) is 9.37 Å². The van der Waals surface area contributed by atoms with Crippen LogP contribution in [0.25, 0.3) is 0 Å². The summed E-state index contributed by atoms with van der Waals surface area (Å²) in [6.07, 6.45) is 1.59. The number of carbonyl (C=O) groups excluding carboxylic acids is 2. The molecule has 108 valence electrons. The number of rotatable bonds is 1. The molecule has 1 unspecified atom stereocenters. The number of imide groups is 1. The summed E-state index contributed by atoms with van der Waals surface area (Å²) in [7, 11) is 2.98. The number of aliphatic hydroxyl groups excluding tert-OH is 1. The zero-order chi connectivity index (χ0) is 14.9. The lowest BCUT2D eigenvalue weighted by Crippen LogP contribution is -2.59. The van der Waals surface area contributed by atoms with Crippen LogP contribution in [0.5, 0.6) is 0 Å². The van der Waals surface area contributed by atoms with Crippen LogP contribution in [0.4, 0.5) is 4.79 Å². The summed E-state index contributed by atoms with van der Waals surface area (Å²) < 4.78 is 1.92. The molecule has 0 aromatic heterocycles. The number of piperidine rings is 1. The lowest BCUT2D eigenvalue weighted by Gasteiger charge is -2.31. The Labute approximate surface area is 117 Å². The molecular weight excluding hydrogens is 260 g/mol. The maximum atomic E-state index is 12.1. The average Bonchev–Trinajstić information content (AvgIpc) is 2.48. The van der Waals surface area contributed by atoms with E-state index in [1.54, 1.807) is 7.05 Å². The second-order valence-corrected chi connectivity index (χ2v) is 5.27. The van der Waals surface area contributed by atoms with Crippen molar-refractivity contribution in [1.82, 2.24) is 9.80 Å². The lowest BCUT2D eigenvalue weighted by atomic mass is 9.97. The highest BCUT2D eigenvalue weighted by Gasteiger charge is 2.48. The number of hydrogen-bond acceptors (Lipinski definition) is 4. The topological polar surface area (TPSA) is 87.7 Å². The molecule has 2 saturated heterocycles. The Morgan fingerprint density at radius 2 is 1.90 bits per heavy atom. The summed E-state index contributed by atoms with van der Waals surface area (Å²) in [4.78, 5) is 26.4. The molecular formula is C13H19N4O3+. The molecule has 2 aliphatic heterocycles. The number of nitrogens with zero attached hydrogens (tertiary/aromatic N) is 4. The van der Waals surface area contributed by atoms with Crippen molar-refractivity contribution in [3.05, 3.63) is 0 Å². The molecule has 3 amide bonds. The second kappa shape index (κ2) is 5.59. The van der Waals surface area contributed by atoms with E-state index in [2.05, 4.69) is 0 Å². The average molecular weight is 279 g/mol. The van der Waals surface area contributed by atoms with Gasteiger partial charge in [-0.05, 0) is 18.8 Å². The molecule has 2 heterocycles. The first kappa shape index (κ1) is 14.5. The minimum absolute atomic E-state index is 0.154. The third-order valence-electron chi connectivity index (χ3n) is 4.08. The highest BCUT2D eigenvalue weighted by molar-refractivity contribution is 6.17. The first-order chi connectivity index (χ1) is 9.51. The van der Waals surface area contributed by atoms with Crippen molar-refractivity contribution >= 4 is 17.8 Å². The zero-order valence-electron chi connectivity index (χ0n) is 11.7. The first-order valence-corrected chi connectivity index (χ1v) is 6.68. The predicted molar refractivity (Wildman–Crippen MR) is 69.8 cm³/mol. The van der Waals surface area contributed by atoms with E-state index in [9.17, 15) is 14.9 Å². The van der Waals surface area contributed by atoms with Crippen LogP contribution in [0, 0.1) is 23.2 Å². The number of hydrogen-bond donors (Lipinski definition) is 1. The summed E-state index contributed by atoms with van der Waals surface area (Å²) >= 11 is 0. The molecule has 2 rings (SSSR count). The highest BCUT2D eigenvalue weighted by Crippen LogP contribution is 2.20. The molecule has 2 aliphatic rings. The number of nitriles is 1. The summed E-state index contributed by atoms with van der Waals surface area (Å²) in [5.41, 5.74) is 0. The molecule has 0 spiro atoms. The molecule has 7 nitrogen and oxygen atoms in total. The van der Waals surface area contributed by atoms with Gasteiger partial charge in [0.05, 0.1) is 26.2 Å². The Kier molecular flexibility index (Phi) is 4.04. The third-order valence-corrected chi connectivity index (χ3v) is 4.08. The summed E-state index contributed by atoms with van der Waals surface area (Å²) in [5.74, 6) is -0.685. The largest absolute Gasteiger partial charge is 0.417 e. The van der Waals surface area contributed by atoms with Crippen molar-refractivity contribution in [3.8, 4) is 6.07 Å². The minimum Gasteiger partial charge on any atom is -0.396 e. The third kappa shape index (κ3) is 2.27. The molecule has 0 aliphatic carbocycles. The van der Waals surface area contributed by atoms with Crippen LogP contribution in [0.1, 0.15) is 12.8 Å². The van der Waals surface area contributed by atoms with Gasteiger partial charge in [0.2, 0.25) is 5.92 Å². The summed E-state index contributed by atoms with van der Waals surface area (Å²) in [6, 6.07) is 1.58. The van der Waals surface area contributed by atoms with Gasteiger partial charge >= 0.3 is 6.03 Å². The highest BCUT2D eigenvalue weighted by atomic mass is 16.3. The molecule has 1 N–H and O–H groups in total. The SMILES string of the molecule is CN1C(=O)C(C#N)C(=[N+]2CCC(CO)CC2)N(C)C1=O. The van der Waals surface area contributed by atoms with E-state index in [1.807, 2.05) is 10.6 Å². The molecule has 0 aromatic rings. The Morgan fingerprint density at radius 3 is 2.40 bits per heavy atom. The number of amides is 3. The van der Waals surface area contributed by atoms with Crippen LogP contribution >= 0.6 is 0 Å². The van der Waals surface area contributed by atoms with Gasteiger partial charge in [0.1, 0.15) is 0 Å².